The van der Waals surface area contributed by atoms with Gasteiger partial charge in [0.05, 0.1) is 0 Å². The number of likely N-dealkylation sites (tertiary alicyclic amines) is 1. The molecule has 17 heavy (non-hydrogen) atoms. The molecule has 2 atom stereocenters. The Labute approximate surface area is 105 Å². The molecule has 0 aromatic heterocycles. The van der Waals surface area contributed by atoms with Gasteiger partial charge in [-0.3, -0.25) is 4.90 Å². The van der Waals surface area contributed by atoms with Crippen LogP contribution >= 0.6 is 0 Å². The second-order valence-electron chi connectivity index (χ2n) is 6.43. The molecule has 0 aromatic carbocycles. The molecule has 3 aliphatic heterocycles. The van der Waals surface area contributed by atoms with E-state index in [9.17, 15) is 0 Å². The van der Waals surface area contributed by atoms with Gasteiger partial charge in [-0.15, -0.1) is 0 Å². The lowest BCUT2D eigenvalue weighted by Crippen LogP contribution is -2.62. The zero-order valence-corrected chi connectivity index (χ0v) is 11.2. The maximum absolute atomic E-state index is 6.21. The largest absolute Gasteiger partial charge is 0.329 e. The molecule has 2 N–H and O–H groups in total. The number of hydrogen-bond acceptors (Lipinski definition) is 3. The van der Waals surface area contributed by atoms with Crippen molar-refractivity contribution in [2.45, 2.75) is 62.6 Å². The predicted octanol–water partition coefficient (Wildman–Crippen LogP) is 1.43. The van der Waals surface area contributed by atoms with Crippen LogP contribution < -0.4 is 5.73 Å². The monoisotopic (exact) mass is 237 g/mol. The molecule has 3 heteroatoms. The maximum Gasteiger partial charge on any atom is 0.0361 e. The third-order valence-corrected chi connectivity index (χ3v) is 5.62. The first-order chi connectivity index (χ1) is 8.25. The summed E-state index contributed by atoms with van der Waals surface area (Å²) in [4.78, 5) is 5.37. The van der Waals surface area contributed by atoms with E-state index >= 15 is 0 Å². The SMILES string of the molecule is CN1C2CCC1CC(CN)(N1CCCCC1)C2. The Morgan fingerprint density at radius 3 is 2.18 bits per heavy atom. The van der Waals surface area contributed by atoms with Gasteiger partial charge in [0.2, 0.25) is 0 Å². The van der Waals surface area contributed by atoms with Crippen LogP contribution in [0.3, 0.4) is 0 Å². The fourth-order valence-corrected chi connectivity index (χ4v) is 4.47. The van der Waals surface area contributed by atoms with Crippen molar-refractivity contribution >= 4 is 0 Å². The molecule has 2 bridgehead atoms. The average Bonchev–Trinajstić information content (AvgIpc) is 2.63. The Kier molecular flexibility index (Phi) is 3.18. The molecule has 0 aromatic rings. The van der Waals surface area contributed by atoms with Crippen LogP contribution in [0.25, 0.3) is 0 Å². The first-order valence-electron chi connectivity index (χ1n) is 7.42. The standard InChI is InChI=1S/C14H27N3/c1-16-12-5-6-13(16)10-14(9-12,11-15)17-7-3-2-4-8-17/h12-13H,2-11,15H2,1H3. The van der Waals surface area contributed by atoms with E-state index in [1.54, 1.807) is 0 Å². The van der Waals surface area contributed by atoms with Gasteiger partial charge >= 0.3 is 0 Å². The number of rotatable bonds is 2. The highest BCUT2D eigenvalue weighted by molar-refractivity contribution is 5.06. The van der Waals surface area contributed by atoms with E-state index in [2.05, 4.69) is 16.8 Å². The smallest absolute Gasteiger partial charge is 0.0361 e. The summed E-state index contributed by atoms with van der Waals surface area (Å²) in [5.41, 5.74) is 6.55. The van der Waals surface area contributed by atoms with E-state index in [-0.39, 0.29) is 0 Å². The third-order valence-electron chi connectivity index (χ3n) is 5.62. The summed E-state index contributed by atoms with van der Waals surface area (Å²) in [6, 6.07) is 1.61. The van der Waals surface area contributed by atoms with E-state index in [1.165, 1.54) is 58.0 Å². The lowest BCUT2D eigenvalue weighted by molar-refractivity contribution is -0.00900. The van der Waals surface area contributed by atoms with Gasteiger partial charge in [0.25, 0.3) is 0 Å². The fourth-order valence-electron chi connectivity index (χ4n) is 4.47. The Hall–Kier alpha value is -0.120. The van der Waals surface area contributed by atoms with Crippen molar-refractivity contribution in [2.75, 3.05) is 26.7 Å². The van der Waals surface area contributed by atoms with Gasteiger partial charge in [0.1, 0.15) is 0 Å². The average molecular weight is 237 g/mol. The Morgan fingerprint density at radius 2 is 1.65 bits per heavy atom. The molecular formula is C14H27N3. The van der Waals surface area contributed by atoms with Crippen LogP contribution in [0.5, 0.6) is 0 Å². The molecule has 98 valence electrons. The number of fused-ring (bicyclic) bond motifs is 2. The molecule has 0 spiro atoms. The molecule has 3 nitrogen and oxygen atoms in total. The summed E-state index contributed by atoms with van der Waals surface area (Å²) >= 11 is 0. The summed E-state index contributed by atoms with van der Waals surface area (Å²) in [6.45, 7) is 3.45. The Bertz CT molecular complexity index is 259. The zero-order valence-electron chi connectivity index (χ0n) is 11.2. The first kappa shape index (κ1) is 11.9. The third kappa shape index (κ3) is 1.92. The number of nitrogens with zero attached hydrogens (tertiary/aromatic N) is 2. The second-order valence-corrected chi connectivity index (χ2v) is 6.43. The van der Waals surface area contributed by atoms with Crippen molar-refractivity contribution in [3.63, 3.8) is 0 Å². The highest BCUT2D eigenvalue weighted by atomic mass is 15.3. The van der Waals surface area contributed by atoms with Gasteiger partial charge in [0, 0.05) is 24.2 Å². The molecule has 0 radical (unpaired) electrons. The predicted molar refractivity (Wildman–Crippen MR) is 71.0 cm³/mol. The quantitative estimate of drug-likeness (QED) is 0.788. The zero-order chi connectivity index (χ0) is 11.9. The molecule has 3 aliphatic rings. The van der Waals surface area contributed by atoms with Gasteiger partial charge in [-0.1, -0.05) is 6.42 Å². The molecule has 3 fully saturated rings. The minimum absolute atomic E-state index is 0.346. The lowest BCUT2D eigenvalue weighted by atomic mass is 9.80. The normalized spacial score (nSPS) is 44.1. The number of hydrogen-bond donors (Lipinski definition) is 1. The van der Waals surface area contributed by atoms with Crippen molar-refractivity contribution in [1.29, 1.82) is 0 Å². The fraction of sp³-hybridized carbons (Fsp3) is 1.00. The highest BCUT2D eigenvalue weighted by Gasteiger charge is 2.48. The van der Waals surface area contributed by atoms with Crippen molar-refractivity contribution in [3.8, 4) is 0 Å². The van der Waals surface area contributed by atoms with Crippen LogP contribution in [-0.2, 0) is 0 Å². The van der Waals surface area contributed by atoms with Crippen molar-refractivity contribution < 1.29 is 0 Å². The summed E-state index contributed by atoms with van der Waals surface area (Å²) in [5.74, 6) is 0. The summed E-state index contributed by atoms with van der Waals surface area (Å²) in [6.07, 6.45) is 9.62. The summed E-state index contributed by atoms with van der Waals surface area (Å²) in [7, 11) is 2.32. The van der Waals surface area contributed by atoms with Crippen LogP contribution in [0.15, 0.2) is 0 Å². The van der Waals surface area contributed by atoms with Gasteiger partial charge in [-0.2, -0.15) is 0 Å². The highest BCUT2D eigenvalue weighted by Crippen LogP contribution is 2.43. The molecule has 0 amide bonds. The van der Waals surface area contributed by atoms with Gasteiger partial charge in [0.15, 0.2) is 0 Å². The van der Waals surface area contributed by atoms with E-state index < -0.39 is 0 Å². The molecule has 3 heterocycles. The van der Waals surface area contributed by atoms with Crippen LogP contribution in [-0.4, -0.2) is 54.1 Å². The Balaban J connectivity index is 1.78. The molecule has 2 unspecified atom stereocenters. The van der Waals surface area contributed by atoms with Gasteiger partial charge in [-0.05, 0) is 58.7 Å². The summed E-state index contributed by atoms with van der Waals surface area (Å²) in [5, 5.41) is 0. The first-order valence-corrected chi connectivity index (χ1v) is 7.42. The van der Waals surface area contributed by atoms with Crippen molar-refractivity contribution in [2.24, 2.45) is 5.73 Å². The van der Waals surface area contributed by atoms with Crippen molar-refractivity contribution in [1.82, 2.24) is 9.80 Å². The van der Waals surface area contributed by atoms with Crippen LogP contribution in [0.2, 0.25) is 0 Å². The van der Waals surface area contributed by atoms with E-state index in [0.29, 0.717) is 5.54 Å². The topological polar surface area (TPSA) is 32.5 Å². The molecule has 3 saturated heterocycles. The minimum Gasteiger partial charge on any atom is -0.329 e. The van der Waals surface area contributed by atoms with E-state index in [0.717, 1.165) is 18.6 Å². The van der Waals surface area contributed by atoms with E-state index in [1.807, 2.05) is 0 Å². The maximum atomic E-state index is 6.21. The lowest BCUT2D eigenvalue weighted by Gasteiger charge is -2.52. The molecule has 3 rings (SSSR count). The summed E-state index contributed by atoms with van der Waals surface area (Å²) < 4.78 is 0. The van der Waals surface area contributed by atoms with Crippen molar-refractivity contribution in [3.05, 3.63) is 0 Å². The van der Waals surface area contributed by atoms with Gasteiger partial charge < -0.3 is 10.6 Å². The van der Waals surface area contributed by atoms with Gasteiger partial charge in [-0.25, -0.2) is 0 Å². The Morgan fingerprint density at radius 1 is 1.06 bits per heavy atom. The van der Waals surface area contributed by atoms with E-state index in [4.69, 9.17) is 5.73 Å². The minimum atomic E-state index is 0.346. The molecular weight excluding hydrogens is 210 g/mol. The molecule has 0 aliphatic carbocycles. The van der Waals surface area contributed by atoms with Crippen LogP contribution in [0, 0.1) is 0 Å². The number of nitrogens with two attached hydrogens (primary N) is 1. The van der Waals surface area contributed by atoms with Crippen LogP contribution in [0.4, 0.5) is 0 Å². The number of piperidine rings is 2. The van der Waals surface area contributed by atoms with Crippen LogP contribution in [0.1, 0.15) is 44.9 Å². The molecule has 0 saturated carbocycles. The second kappa shape index (κ2) is 4.52.